The second kappa shape index (κ2) is 8.31. The number of rotatable bonds is 6. The molecule has 0 bridgehead atoms. The summed E-state index contributed by atoms with van der Waals surface area (Å²) in [4.78, 5) is 18.0. The summed E-state index contributed by atoms with van der Waals surface area (Å²) in [6.45, 7) is 5.11. The Morgan fingerprint density at radius 3 is 2.40 bits per heavy atom. The van der Waals surface area contributed by atoms with Gasteiger partial charge in [0, 0.05) is 32.4 Å². The monoisotopic (exact) mass is 390 g/mol. The summed E-state index contributed by atoms with van der Waals surface area (Å²) in [7, 11) is -2.54. The van der Waals surface area contributed by atoms with E-state index in [1.807, 2.05) is 4.90 Å². The molecular weight excluding hydrogens is 368 g/mol. The van der Waals surface area contributed by atoms with Crippen molar-refractivity contribution in [3.05, 3.63) is 23.4 Å². The lowest BCUT2D eigenvalue weighted by atomic mass is 10.1. The van der Waals surface area contributed by atoms with Crippen molar-refractivity contribution in [1.29, 1.82) is 0 Å². The molecule has 0 aliphatic carbocycles. The molecule has 140 valence electrons. The van der Waals surface area contributed by atoms with Gasteiger partial charge in [0.15, 0.2) is 0 Å². The number of piperazine rings is 1. The summed E-state index contributed by atoms with van der Waals surface area (Å²) < 4.78 is 33.6. The summed E-state index contributed by atoms with van der Waals surface area (Å²) in [6, 6.07) is 2.64. The third-order valence-corrected chi connectivity index (χ3v) is 5.83. The summed E-state index contributed by atoms with van der Waals surface area (Å²) >= 11 is 5.83. The number of halogens is 1. The first kappa shape index (κ1) is 19.9. The van der Waals surface area contributed by atoms with E-state index in [0.717, 1.165) is 5.82 Å². The number of hydrogen-bond donors (Lipinski definition) is 1. The van der Waals surface area contributed by atoms with Gasteiger partial charge in [0.05, 0.1) is 12.1 Å². The van der Waals surface area contributed by atoms with Crippen molar-refractivity contribution in [2.75, 3.05) is 38.2 Å². The molecule has 1 saturated heterocycles. The molecule has 2 rings (SSSR count). The number of aromatic nitrogens is 1. The van der Waals surface area contributed by atoms with Gasteiger partial charge < -0.3 is 9.64 Å². The van der Waals surface area contributed by atoms with Crippen molar-refractivity contribution in [2.45, 2.75) is 19.9 Å². The van der Waals surface area contributed by atoms with Crippen LogP contribution in [0.5, 0.6) is 0 Å². The van der Waals surface area contributed by atoms with Crippen LogP contribution in [0.1, 0.15) is 13.8 Å². The van der Waals surface area contributed by atoms with Crippen molar-refractivity contribution in [3.8, 4) is 0 Å². The smallest absolute Gasteiger partial charge is 0.324 e. The number of carbonyl (C=O) groups is 1. The van der Waals surface area contributed by atoms with Crippen LogP contribution >= 0.6 is 11.6 Å². The predicted octanol–water partition coefficient (Wildman–Crippen LogP) is 0.889. The van der Waals surface area contributed by atoms with Gasteiger partial charge in [-0.2, -0.15) is 17.4 Å². The normalized spacial score (nSPS) is 17.6. The molecule has 8 nitrogen and oxygen atoms in total. The summed E-state index contributed by atoms with van der Waals surface area (Å²) in [5.41, 5.74) is 0. The molecule has 0 radical (unpaired) electrons. The standard InChI is InChI=1S/C15H23ClN4O4S/c1-11(2)14(15(21)24-3)18-25(22,23)20-8-6-19(7-9-20)13-5-4-12(16)10-17-13/h4-5,10-11,14,18H,6-9H2,1-3H3/t14-/m1/s1. The minimum absolute atomic E-state index is 0.221. The van der Waals surface area contributed by atoms with Crippen molar-refractivity contribution in [1.82, 2.24) is 14.0 Å². The van der Waals surface area contributed by atoms with Gasteiger partial charge in [0.2, 0.25) is 0 Å². The molecule has 10 heteroatoms. The van der Waals surface area contributed by atoms with Crippen LogP contribution in [0.4, 0.5) is 5.82 Å². The number of hydrogen-bond acceptors (Lipinski definition) is 6. The molecule has 1 aromatic heterocycles. The number of nitrogens with zero attached hydrogens (tertiary/aromatic N) is 3. The minimum Gasteiger partial charge on any atom is -0.468 e. The van der Waals surface area contributed by atoms with Crippen molar-refractivity contribution < 1.29 is 17.9 Å². The molecule has 1 aliphatic rings. The summed E-state index contributed by atoms with van der Waals surface area (Å²) in [5.74, 6) is -0.0617. The van der Waals surface area contributed by atoms with E-state index >= 15 is 0 Å². The maximum atomic E-state index is 12.6. The van der Waals surface area contributed by atoms with E-state index in [0.29, 0.717) is 31.2 Å². The van der Waals surface area contributed by atoms with Crippen molar-refractivity contribution in [2.24, 2.45) is 5.92 Å². The second-order valence-corrected chi connectivity index (χ2v) is 8.23. The highest BCUT2D eigenvalue weighted by Crippen LogP contribution is 2.17. The topological polar surface area (TPSA) is 91.8 Å². The average Bonchev–Trinajstić information content (AvgIpc) is 2.59. The fourth-order valence-corrected chi connectivity index (χ4v) is 4.13. The van der Waals surface area contributed by atoms with Crippen LogP contribution in [-0.2, 0) is 19.7 Å². The first-order valence-electron chi connectivity index (χ1n) is 7.96. The van der Waals surface area contributed by atoms with E-state index < -0.39 is 22.2 Å². The van der Waals surface area contributed by atoms with Gasteiger partial charge >= 0.3 is 5.97 Å². The van der Waals surface area contributed by atoms with Gasteiger partial charge in [-0.1, -0.05) is 25.4 Å². The molecule has 0 unspecified atom stereocenters. The molecule has 0 spiro atoms. The van der Waals surface area contributed by atoms with E-state index in [2.05, 4.69) is 14.4 Å². The Balaban J connectivity index is 2.00. The Hall–Kier alpha value is -1.42. The van der Waals surface area contributed by atoms with Gasteiger partial charge in [-0.05, 0) is 18.1 Å². The Labute approximate surface area is 153 Å². The van der Waals surface area contributed by atoms with Crippen molar-refractivity contribution in [3.63, 3.8) is 0 Å². The van der Waals surface area contributed by atoms with Gasteiger partial charge in [0.1, 0.15) is 11.9 Å². The Morgan fingerprint density at radius 2 is 1.92 bits per heavy atom. The average molecular weight is 391 g/mol. The molecular formula is C15H23ClN4O4S. The van der Waals surface area contributed by atoms with E-state index in [1.54, 1.807) is 32.2 Å². The molecule has 1 atom stereocenters. The number of methoxy groups -OCH3 is 1. The van der Waals surface area contributed by atoms with Crippen LogP contribution < -0.4 is 9.62 Å². The Bertz CT molecular complexity index is 688. The third kappa shape index (κ3) is 5.04. The fourth-order valence-electron chi connectivity index (χ4n) is 2.53. The lowest BCUT2D eigenvalue weighted by molar-refractivity contribution is -0.143. The summed E-state index contributed by atoms with van der Waals surface area (Å²) in [5, 5.41) is 0.553. The van der Waals surface area contributed by atoms with Crippen LogP contribution in [0.3, 0.4) is 0 Å². The maximum Gasteiger partial charge on any atom is 0.324 e. The quantitative estimate of drug-likeness (QED) is 0.725. The van der Waals surface area contributed by atoms with E-state index in [9.17, 15) is 13.2 Å². The maximum absolute atomic E-state index is 12.6. The zero-order valence-electron chi connectivity index (χ0n) is 14.5. The van der Waals surface area contributed by atoms with Gasteiger partial charge in [0.25, 0.3) is 10.2 Å². The Kier molecular flexibility index (Phi) is 6.61. The van der Waals surface area contributed by atoms with Crippen LogP contribution in [0.25, 0.3) is 0 Å². The molecule has 1 fully saturated rings. The van der Waals surface area contributed by atoms with Crippen LogP contribution in [-0.4, -0.2) is 63.0 Å². The first-order chi connectivity index (χ1) is 11.7. The minimum atomic E-state index is -3.78. The number of ether oxygens (including phenoxy) is 1. The van der Waals surface area contributed by atoms with Crippen LogP contribution in [0.15, 0.2) is 18.3 Å². The number of nitrogens with one attached hydrogen (secondary N) is 1. The highest BCUT2D eigenvalue weighted by Gasteiger charge is 2.33. The summed E-state index contributed by atoms with van der Waals surface area (Å²) in [6.07, 6.45) is 1.56. The second-order valence-electron chi connectivity index (χ2n) is 6.09. The molecule has 2 heterocycles. The molecule has 1 aromatic rings. The van der Waals surface area contributed by atoms with E-state index in [1.165, 1.54) is 11.4 Å². The highest BCUT2D eigenvalue weighted by molar-refractivity contribution is 7.87. The lowest BCUT2D eigenvalue weighted by Gasteiger charge is -2.35. The highest BCUT2D eigenvalue weighted by atomic mass is 35.5. The first-order valence-corrected chi connectivity index (χ1v) is 9.78. The zero-order chi connectivity index (χ0) is 18.6. The number of carbonyl (C=O) groups excluding carboxylic acids is 1. The van der Waals surface area contributed by atoms with E-state index in [-0.39, 0.29) is 5.92 Å². The molecule has 25 heavy (non-hydrogen) atoms. The van der Waals surface area contributed by atoms with Crippen LogP contribution in [0.2, 0.25) is 5.02 Å². The zero-order valence-corrected chi connectivity index (χ0v) is 16.0. The van der Waals surface area contributed by atoms with E-state index in [4.69, 9.17) is 11.6 Å². The van der Waals surface area contributed by atoms with Crippen molar-refractivity contribution >= 4 is 33.6 Å². The molecule has 0 saturated carbocycles. The van der Waals surface area contributed by atoms with Gasteiger partial charge in [-0.25, -0.2) is 4.98 Å². The molecule has 1 aliphatic heterocycles. The molecule has 0 amide bonds. The van der Waals surface area contributed by atoms with Crippen LogP contribution in [0, 0.1) is 5.92 Å². The largest absolute Gasteiger partial charge is 0.468 e. The van der Waals surface area contributed by atoms with Gasteiger partial charge in [-0.3, -0.25) is 4.79 Å². The molecule has 1 N–H and O–H groups in total. The van der Waals surface area contributed by atoms with Gasteiger partial charge in [-0.15, -0.1) is 0 Å². The Morgan fingerprint density at radius 1 is 1.28 bits per heavy atom. The number of pyridine rings is 1. The number of esters is 1. The lowest BCUT2D eigenvalue weighted by Crippen LogP contribution is -2.56. The fraction of sp³-hybridized carbons (Fsp3) is 0.600. The predicted molar refractivity (Wildman–Crippen MR) is 95.7 cm³/mol. The molecule has 0 aromatic carbocycles. The SMILES string of the molecule is COC(=O)[C@H](NS(=O)(=O)N1CCN(c2ccc(Cl)cn2)CC1)C(C)C. The third-order valence-electron chi connectivity index (χ3n) is 4.01. The number of anilines is 1.